The molecule has 4 aliphatic heterocycles. The summed E-state index contributed by atoms with van der Waals surface area (Å²) in [6, 6.07) is 0. The molecule has 4 fully saturated rings. The van der Waals surface area contributed by atoms with E-state index in [2.05, 4.69) is 5.32 Å². The van der Waals surface area contributed by atoms with Gasteiger partial charge in [-0.25, -0.2) is 4.79 Å². The third-order valence-electron chi connectivity index (χ3n) is 11.0. The van der Waals surface area contributed by atoms with Crippen LogP contribution in [0.5, 0.6) is 0 Å². The summed E-state index contributed by atoms with van der Waals surface area (Å²) in [5, 5.41) is 106. The first-order valence-corrected chi connectivity index (χ1v) is 21.0. The van der Waals surface area contributed by atoms with Gasteiger partial charge in [-0.05, 0) is 12.8 Å². The number of carbonyl (C=O) groups excluding carboxylic acids is 4. The molecule has 11 N–H and O–H groups in total. The van der Waals surface area contributed by atoms with Crippen LogP contribution in [0.3, 0.4) is 0 Å². The minimum atomic E-state index is -1.89. The molecule has 0 aromatic carbocycles. The number of rotatable bonds is 25. The molecule has 61 heavy (non-hydrogen) atoms. The molecule has 0 spiro atoms. The first-order chi connectivity index (χ1) is 29.2. The summed E-state index contributed by atoms with van der Waals surface area (Å²) >= 11 is 0. The van der Waals surface area contributed by atoms with E-state index in [0.29, 0.717) is 17.9 Å². The molecule has 0 bridgehead atoms. The highest BCUT2D eigenvalue weighted by atomic mass is 16.8. The van der Waals surface area contributed by atoms with Crippen molar-refractivity contribution in [3.63, 3.8) is 0 Å². The number of aliphatic hydroxyl groups is 10. The van der Waals surface area contributed by atoms with Crippen molar-refractivity contribution in [2.75, 3.05) is 33.0 Å². The van der Waals surface area contributed by atoms with Gasteiger partial charge in [0.2, 0.25) is 5.91 Å². The third kappa shape index (κ3) is 14.7. The van der Waals surface area contributed by atoms with Gasteiger partial charge in [0.25, 0.3) is 11.8 Å². The van der Waals surface area contributed by atoms with Gasteiger partial charge in [-0.3, -0.25) is 14.4 Å². The molecule has 0 aliphatic carbocycles. The lowest BCUT2D eigenvalue weighted by Gasteiger charge is -2.46. The van der Waals surface area contributed by atoms with E-state index < -0.39 is 130 Å². The van der Waals surface area contributed by atoms with Crippen molar-refractivity contribution >= 4 is 23.7 Å². The number of ether oxygens (including phenoxy) is 6. The fraction of sp³-hybridized carbons (Fsp3) is 0.895. The van der Waals surface area contributed by atoms with Crippen LogP contribution in [0.25, 0.3) is 0 Å². The van der Waals surface area contributed by atoms with Gasteiger partial charge in [0.15, 0.2) is 18.9 Å². The van der Waals surface area contributed by atoms with E-state index in [1.165, 1.54) is 0 Å². The minimum Gasteiger partial charge on any atom is -0.394 e. The summed E-state index contributed by atoms with van der Waals surface area (Å²) in [4.78, 5) is 52.2. The molecule has 0 aromatic heterocycles. The summed E-state index contributed by atoms with van der Waals surface area (Å²) in [6.45, 7) is -2.32. The SMILES string of the molecule is O=C(CCCCCCCCCCCCC(=O)ON1C(=O)CCC1=O)NCCO[C@H]1O[C@H](CO[C@H]2O[C@H](CO)[C@@H](O)[C@H](O)[C@@H]2O)[C@@H](O)[C@H](O[C@H]2O[C@H](CO)[C@@H](O)[C@H](O)[C@@H]2O)[C@@H]1O. The highest BCUT2D eigenvalue weighted by molar-refractivity contribution is 6.01. The Kier molecular flexibility index (Phi) is 21.5. The van der Waals surface area contributed by atoms with Crippen LogP contribution in [-0.4, -0.2) is 205 Å². The van der Waals surface area contributed by atoms with Crippen LogP contribution in [0.4, 0.5) is 0 Å². The van der Waals surface area contributed by atoms with Crippen molar-refractivity contribution < 1.29 is 104 Å². The predicted octanol–water partition coefficient (Wildman–Crippen LogP) is -4.14. The molecule has 352 valence electrons. The molecule has 0 saturated carbocycles. The summed E-state index contributed by atoms with van der Waals surface area (Å²) in [5.74, 6) is -1.81. The lowest BCUT2D eigenvalue weighted by Crippen LogP contribution is -2.65. The summed E-state index contributed by atoms with van der Waals surface area (Å²) < 4.78 is 33.4. The minimum absolute atomic E-state index is 0.00276. The number of nitrogens with one attached hydrogen (secondary N) is 1. The molecule has 3 amide bonds. The average molecular weight is 885 g/mol. The van der Waals surface area contributed by atoms with Gasteiger partial charge in [0.05, 0.1) is 26.4 Å². The molecule has 0 aromatic rings. The van der Waals surface area contributed by atoms with Crippen molar-refractivity contribution in [1.29, 1.82) is 0 Å². The molecule has 4 heterocycles. The van der Waals surface area contributed by atoms with Crippen LogP contribution >= 0.6 is 0 Å². The lowest BCUT2D eigenvalue weighted by molar-refractivity contribution is -0.366. The van der Waals surface area contributed by atoms with Crippen LogP contribution in [-0.2, 0) is 52.4 Å². The van der Waals surface area contributed by atoms with Gasteiger partial charge in [0.1, 0.15) is 73.2 Å². The second-order valence-electron chi connectivity index (χ2n) is 15.7. The molecule has 23 heteroatoms. The first-order valence-electron chi connectivity index (χ1n) is 21.0. The van der Waals surface area contributed by atoms with Gasteiger partial charge >= 0.3 is 5.97 Å². The van der Waals surface area contributed by atoms with Gasteiger partial charge in [-0.2, -0.15) is 0 Å². The molecule has 0 radical (unpaired) electrons. The molecule has 23 nitrogen and oxygen atoms in total. The third-order valence-corrected chi connectivity index (χ3v) is 11.0. The Bertz CT molecular complexity index is 1340. The number of aliphatic hydroxyl groups excluding tert-OH is 10. The Hall–Kier alpha value is -2.56. The normalized spacial score (nSPS) is 35.7. The van der Waals surface area contributed by atoms with Crippen LogP contribution in [0.1, 0.15) is 89.9 Å². The number of amides is 3. The van der Waals surface area contributed by atoms with E-state index >= 15 is 0 Å². The largest absolute Gasteiger partial charge is 0.394 e. The zero-order chi connectivity index (χ0) is 44.6. The molecule has 0 unspecified atom stereocenters. The van der Waals surface area contributed by atoms with Crippen molar-refractivity contribution in [2.24, 2.45) is 0 Å². The fourth-order valence-corrected chi connectivity index (χ4v) is 7.30. The number of hydrogen-bond donors (Lipinski definition) is 11. The topological polar surface area (TPSA) is 350 Å². The van der Waals surface area contributed by atoms with Crippen molar-refractivity contribution in [1.82, 2.24) is 10.4 Å². The number of hydroxylamine groups is 2. The van der Waals surface area contributed by atoms with Crippen molar-refractivity contribution in [3.8, 4) is 0 Å². The zero-order valence-corrected chi connectivity index (χ0v) is 34.0. The monoisotopic (exact) mass is 884 g/mol. The van der Waals surface area contributed by atoms with Crippen LogP contribution in [0.15, 0.2) is 0 Å². The van der Waals surface area contributed by atoms with Crippen molar-refractivity contribution in [3.05, 3.63) is 0 Å². The Balaban J connectivity index is 1.14. The number of hydrogen-bond acceptors (Lipinski definition) is 21. The Morgan fingerprint density at radius 1 is 0.574 bits per heavy atom. The Morgan fingerprint density at radius 2 is 1.05 bits per heavy atom. The maximum absolute atomic E-state index is 12.5. The number of carbonyl (C=O) groups is 4. The smallest absolute Gasteiger partial charge is 0.333 e. The summed E-state index contributed by atoms with van der Waals surface area (Å²) in [5.41, 5.74) is 0. The van der Waals surface area contributed by atoms with E-state index in [-0.39, 0.29) is 44.7 Å². The second kappa shape index (κ2) is 25.7. The number of nitrogens with zero attached hydrogens (tertiary/aromatic N) is 1. The summed E-state index contributed by atoms with van der Waals surface area (Å²) in [7, 11) is 0. The molecule has 4 aliphatic rings. The number of unbranched alkanes of at least 4 members (excludes halogenated alkanes) is 9. The van der Waals surface area contributed by atoms with Gasteiger partial charge in [-0.1, -0.05) is 51.4 Å². The Morgan fingerprint density at radius 3 is 1.61 bits per heavy atom. The number of imide groups is 1. The lowest BCUT2D eigenvalue weighted by atomic mass is 9.96. The van der Waals surface area contributed by atoms with E-state index in [4.69, 9.17) is 33.3 Å². The predicted molar refractivity (Wildman–Crippen MR) is 201 cm³/mol. The van der Waals surface area contributed by atoms with E-state index in [0.717, 1.165) is 51.4 Å². The van der Waals surface area contributed by atoms with Crippen LogP contribution in [0.2, 0.25) is 0 Å². The van der Waals surface area contributed by atoms with Crippen LogP contribution in [0, 0.1) is 0 Å². The summed E-state index contributed by atoms with van der Waals surface area (Å²) in [6.07, 6.45) is -15.5. The maximum atomic E-state index is 12.5. The molecule has 4 saturated heterocycles. The fourth-order valence-electron chi connectivity index (χ4n) is 7.30. The van der Waals surface area contributed by atoms with Crippen LogP contribution < -0.4 is 5.32 Å². The molecule has 4 rings (SSSR count). The maximum Gasteiger partial charge on any atom is 0.333 e. The highest BCUT2D eigenvalue weighted by Crippen LogP contribution is 2.31. The van der Waals surface area contributed by atoms with Gasteiger partial charge in [-0.15, -0.1) is 5.06 Å². The van der Waals surface area contributed by atoms with Gasteiger partial charge < -0.3 is 89.6 Å². The zero-order valence-electron chi connectivity index (χ0n) is 34.0. The van der Waals surface area contributed by atoms with Gasteiger partial charge in [0, 0.05) is 32.2 Å². The second-order valence-corrected chi connectivity index (χ2v) is 15.7. The van der Waals surface area contributed by atoms with E-state index in [1.807, 2.05) is 0 Å². The average Bonchev–Trinajstić information content (AvgIpc) is 3.56. The molecular weight excluding hydrogens is 820 g/mol. The quantitative estimate of drug-likeness (QED) is 0.0306. The van der Waals surface area contributed by atoms with E-state index in [1.54, 1.807) is 0 Å². The van der Waals surface area contributed by atoms with E-state index in [9.17, 15) is 70.2 Å². The highest BCUT2D eigenvalue weighted by Gasteiger charge is 2.52. The standard InChI is InChI=1S/C38H64N2O21/c41-17-20-27(47)30(50)32(52)36(57-20)56-19-22-29(49)35(60-38-33(53)31(51)28(48)21(18-42)58-38)34(54)37(59-22)55-16-15-39-23(43)11-9-7-5-3-1-2-4-6-8-10-12-26(46)61-40-24(44)13-14-25(40)45/h20-22,27-38,41-42,47-54H,1-19H2,(H,39,43)/t20-,21-,22-,27-,28-,29-,30+,31+,32+,33+,34+,35+,36+,37+,38-/m1/s1. The molecular formula is C38H64N2O21. The van der Waals surface area contributed by atoms with Crippen molar-refractivity contribution in [2.45, 2.75) is 182 Å². The Labute approximate surface area is 352 Å². The first kappa shape index (κ1) is 51.1. The molecule has 15 atom stereocenters.